The Morgan fingerprint density at radius 2 is 1.55 bits per heavy atom. The van der Waals surface area contributed by atoms with E-state index in [1.54, 1.807) is 35.0 Å². The maximum Gasteiger partial charge on any atom is 0.573 e. The molecule has 0 fully saturated rings. The van der Waals surface area contributed by atoms with Crippen molar-refractivity contribution in [2.45, 2.75) is 39.5 Å². The summed E-state index contributed by atoms with van der Waals surface area (Å²) >= 11 is 0. The molecule has 0 aliphatic carbocycles. The molecule has 0 saturated heterocycles. The second-order valence-electron chi connectivity index (χ2n) is 9.58. The van der Waals surface area contributed by atoms with Gasteiger partial charge in [0.2, 0.25) is 5.88 Å². The second-order valence-corrected chi connectivity index (χ2v) is 9.58. The van der Waals surface area contributed by atoms with Crippen LogP contribution in [0.4, 0.5) is 29.3 Å². The van der Waals surface area contributed by atoms with E-state index >= 15 is 0 Å². The number of carbonyl (C=O) groups is 1. The lowest BCUT2D eigenvalue weighted by molar-refractivity contribution is -0.274. The lowest BCUT2D eigenvalue weighted by atomic mass is 9.87. The Labute approximate surface area is 218 Å². The van der Waals surface area contributed by atoms with E-state index in [1.165, 1.54) is 17.7 Å². The Kier molecular flexibility index (Phi) is 7.34. The fourth-order valence-corrected chi connectivity index (χ4v) is 3.63. The lowest BCUT2D eigenvalue weighted by Crippen LogP contribution is -2.20. The number of aryl methyl sites for hydroxylation is 1. The molecule has 0 atom stereocenters. The molecule has 7 nitrogen and oxygen atoms in total. The van der Waals surface area contributed by atoms with Crippen LogP contribution in [0.25, 0.3) is 5.69 Å². The van der Waals surface area contributed by atoms with Crippen molar-refractivity contribution in [1.29, 1.82) is 0 Å². The standard InChI is InChI=1S/C28H27F3N4O3/c1-18-17-25(35(34-18)21-13-9-19(10-14-21)27(2,3)4)37-24-8-6-5-7-23(24)33-26(36)32-20-11-15-22(16-12-20)38-28(29,30)31/h5-17H,1-4H3,(H2,32,33,36). The Hall–Kier alpha value is -4.47. The highest BCUT2D eigenvalue weighted by molar-refractivity contribution is 6.00. The van der Waals surface area contributed by atoms with Crippen LogP contribution in [0.1, 0.15) is 32.0 Å². The molecule has 0 aliphatic heterocycles. The molecule has 1 heterocycles. The first-order chi connectivity index (χ1) is 17.9. The first-order valence-corrected chi connectivity index (χ1v) is 11.8. The molecule has 3 aromatic carbocycles. The van der Waals surface area contributed by atoms with Crippen LogP contribution in [0.3, 0.4) is 0 Å². The summed E-state index contributed by atoms with van der Waals surface area (Å²) in [5.74, 6) is 0.451. The molecular formula is C28H27F3N4O3. The Morgan fingerprint density at radius 3 is 2.18 bits per heavy atom. The molecule has 4 rings (SSSR count). The first-order valence-electron chi connectivity index (χ1n) is 11.8. The minimum Gasteiger partial charge on any atom is -0.437 e. The number of nitrogens with zero attached hydrogens (tertiary/aromatic N) is 2. The summed E-state index contributed by atoms with van der Waals surface area (Å²) in [6, 6.07) is 20.9. The number of para-hydroxylation sites is 2. The molecule has 4 aromatic rings. The summed E-state index contributed by atoms with van der Waals surface area (Å²) in [5.41, 5.74) is 3.44. The molecule has 198 valence electrons. The van der Waals surface area contributed by atoms with Gasteiger partial charge in [-0.25, -0.2) is 9.48 Å². The molecule has 2 amide bonds. The molecular weight excluding hydrogens is 497 g/mol. The van der Waals surface area contributed by atoms with E-state index in [0.29, 0.717) is 17.3 Å². The molecule has 0 saturated carbocycles. The van der Waals surface area contributed by atoms with Crippen LogP contribution in [-0.4, -0.2) is 22.2 Å². The van der Waals surface area contributed by atoms with Gasteiger partial charge in [-0.05, 0) is 66.4 Å². The van der Waals surface area contributed by atoms with Gasteiger partial charge in [-0.15, -0.1) is 13.2 Å². The van der Waals surface area contributed by atoms with Crippen LogP contribution in [-0.2, 0) is 5.41 Å². The van der Waals surface area contributed by atoms with Gasteiger partial charge in [0, 0.05) is 11.8 Å². The predicted molar refractivity (Wildman–Crippen MR) is 139 cm³/mol. The van der Waals surface area contributed by atoms with Gasteiger partial charge in [-0.1, -0.05) is 45.0 Å². The van der Waals surface area contributed by atoms with Gasteiger partial charge < -0.3 is 20.1 Å². The van der Waals surface area contributed by atoms with Crippen LogP contribution < -0.4 is 20.1 Å². The van der Waals surface area contributed by atoms with E-state index in [9.17, 15) is 18.0 Å². The molecule has 10 heteroatoms. The summed E-state index contributed by atoms with van der Waals surface area (Å²) in [6.45, 7) is 8.29. The van der Waals surface area contributed by atoms with Crippen molar-refractivity contribution in [3.8, 4) is 23.1 Å². The maximum atomic E-state index is 12.6. The highest BCUT2D eigenvalue weighted by atomic mass is 19.4. The average molecular weight is 525 g/mol. The first kappa shape index (κ1) is 26.6. The van der Waals surface area contributed by atoms with E-state index in [-0.39, 0.29) is 16.9 Å². The SMILES string of the molecule is Cc1cc(Oc2ccccc2NC(=O)Nc2ccc(OC(F)(F)F)cc2)n(-c2ccc(C(C)(C)C)cc2)n1. The van der Waals surface area contributed by atoms with E-state index < -0.39 is 12.4 Å². The van der Waals surface area contributed by atoms with Gasteiger partial charge >= 0.3 is 12.4 Å². The van der Waals surface area contributed by atoms with Gasteiger partial charge in [0.25, 0.3) is 0 Å². The largest absolute Gasteiger partial charge is 0.573 e. The second kappa shape index (κ2) is 10.5. The number of aromatic nitrogens is 2. The van der Waals surface area contributed by atoms with E-state index in [1.807, 2.05) is 19.1 Å². The summed E-state index contributed by atoms with van der Waals surface area (Å²) in [7, 11) is 0. The van der Waals surface area contributed by atoms with Gasteiger partial charge in [0.05, 0.1) is 17.1 Å². The molecule has 0 spiro atoms. The Balaban J connectivity index is 1.49. The number of ether oxygens (including phenoxy) is 2. The van der Waals surface area contributed by atoms with Crippen molar-refractivity contribution in [2.75, 3.05) is 10.6 Å². The number of benzene rings is 3. The van der Waals surface area contributed by atoms with Crippen molar-refractivity contribution in [1.82, 2.24) is 9.78 Å². The van der Waals surface area contributed by atoms with Crippen LogP contribution in [0.2, 0.25) is 0 Å². The third-order valence-corrected chi connectivity index (χ3v) is 5.47. The monoisotopic (exact) mass is 524 g/mol. The van der Waals surface area contributed by atoms with Crippen molar-refractivity contribution < 1.29 is 27.4 Å². The van der Waals surface area contributed by atoms with Crippen molar-refractivity contribution in [3.63, 3.8) is 0 Å². The predicted octanol–water partition coefficient (Wildman–Crippen LogP) is 7.81. The number of nitrogens with one attached hydrogen (secondary N) is 2. The molecule has 0 unspecified atom stereocenters. The van der Waals surface area contributed by atoms with Crippen molar-refractivity contribution in [3.05, 3.63) is 90.1 Å². The fraction of sp³-hybridized carbons (Fsp3) is 0.214. The van der Waals surface area contributed by atoms with E-state index in [4.69, 9.17) is 4.74 Å². The van der Waals surface area contributed by atoms with Gasteiger partial charge in [-0.3, -0.25) is 0 Å². The van der Waals surface area contributed by atoms with Gasteiger partial charge in [0.1, 0.15) is 5.75 Å². The summed E-state index contributed by atoms with van der Waals surface area (Å²) in [6.07, 6.45) is -4.79. The number of halogens is 3. The normalized spacial score (nSPS) is 11.7. The molecule has 1 aromatic heterocycles. The number of hydrogen-bond acceptors (Lipinski definition) is 4. The molecule has 0 aliphatic rings. The minimum absolute atomic E-state index is 0.0158. The maximum absolute atomic E-state index is 12.6. The van der Waals surface area contributed by atoms with E-state index in [0.717, 1.165) is 23.5 Å². The average Bonchev–Trinajstić information content (AvgIpc) is 3.20. The third kappa shape index (κ3) is 6.84. The van der Waals surface area contributed by atoms with Gasteiger partial charge in [0.15, 0.2) is 5.75 Å². The topological polar surface area (TPSA) is 77.4 Å². The number of rotatable bonds is 6. The third-order valence-electron chi connectivity index (χ3n) is 5.47. The van der Waals surface area contributed by atoms with E-state index in [2.05, 4.69) is 53.4 Å². The van der Waals surface area contributed by atoms with Crippen molar-refractivity contribution in [2.24, 2.45) is 0 Å². The summed E-state index contributed by atoms with van der Waals surface area (Å²) in [4.78, 5) is 12.6. The summed E-state index contributed by atoms with van der Waals surface area (Å²) in [5, 5.41) is 9.83. The van der Waals surface area contributed by atoms with Crippen molar-refractivity contribution >= 4 is 17.4 Å². The molecule has 0 radical (unpaired) electrons. The lowest BCUT2D eigenvalue weighted by Gasteiger charge is -2.19. The molecule has 0 bridgehead atoms. The van der Waals surface area contributed by atoms with Crippen LogP contribution >= 0.6 is 0 Å². The van der Waals surface area contributed by atoms with Crippen LogP contribution in [0.15, 0.2) is 78.9 Å². The Bertz CT molecular complexity index is 1410. The smallest absolute Gasteiger partial charge is 0.437 e. The number of amides is 2. The zero-order valence-electron chi connectivity index (χ0n) is 21.3. The van der Waals surface area contributed by atoms with Gasteiger partial charge in [-0.2, -0.15) is 5.10 Å². The highest BCUT2D eigenvalue weighted by Crippen LogP contribution is 2.32. The highest BCUT2D eigenvalue weighted by Gasteiger charge is 2.31. The van der Waals surface area contributed by atoms with Crippen LogP contribution in [0, 0.1) is 6.92 Å². The van der Waals surface area contributed by atoms with Crippen LogP contribution in [0.5, 0.6) is 17.4 Å². The number of hydrogen-bond donors (Lipinski definition) is 2. The Morgan fingerprint density at radius 1 is 0.895 bits per heavy atom. The number of urea groups is 1. The number of anilines is 2. The minimum atomic E-state index is -4.79. The molecule has 2 N–H and O–H groups in total. The molecule has 38 heavy (non-hydrogen) atoms. The fourth-order valence-electron chi connectivity index (χ4n) is 3.63. The zero-order chi connectivity index (χ0) is 27.5. The number of alkyl halides is 3. The quantitative estimate of drug-likeness (QED) is 0.270. The zero-order valence-corrected chi connectivity index (χ0v) is 21.3. The number of carbonyl (C=O) groups excluding carboxylic acids is 1. The summed E-state index contributed by atoms with van der Waals surface area (Å²) < 4.78 is 48.7.